The maximum absolute atomic E-state index is 6.09. The number of benzene rings is 2. The van der Waals surface area contributed by atoms with Crippen LogP contribution in [0.25, 0.3) is 5.57 Å². The van der Waals surface area contributed by atoms with Gasteiger partial charge in [0.15, 0.2) is 0 Å². The average Bonchev–Trinajstić information content (AvgIpc) is 2.73. The first-order valence-corrected chi connectivity index (χ1v) is 10.8. The summed E-state index contributed by atoms with van der Waals surface area (Å²) in [6, 6.07) is 18.7. The van der Waals surface area contributed by atoms with Gasteiger partial charge in [-0.2, -0.15) is 0 Å². The van der Waals surface area contributed by atoms with E-state index in [1.54, 1.807) is 7.11 Å². The quantitative estimate of drug-likeness (QED) is 0.656. The highest BCUT2D eigenvalue weighted by Gasteiger charge is 2.19. The van der Waals surface area contributed by atoms with E-state index < -0.39 is 9.28 Å². The first kappa shape index (κ1) is 20.0. The number of piperazine rings is 1. The molecule has 0 aliphatic carbocycles. The van der Waals surface area contributed by atoms with E-state index in [1.807, 2.05) is 18.2 Å². The Hall–Kier alpha value is -1.76. The zero-order chi connectivity index (χ0) is 19.1. The molecule has 0 aromatic heterocycles. The van der Waals surface area contributed by atoms with Crippen LogP contribution in [0.1, 0.15) is 11.1 Å². The van der Waals surface area contributed by atoms with Crippen LogP contribution >= 0.6 is 0 Å². The lowest BCUT2D eigenvalue weighted by Gasteiger charge is -2.32. The molecule has 0 N–H and O–H groups in total. The van der Waals surface area contributed by atoms with Crippen molar-refractivity contribution in [2.24, 2.45) is 0 Å². The number of hydrogen-bond acceptors (Lipinski definition) is 4. The van der Waals surface area contributed by atoms with Gasteiger partial charge < -0.3 is 13.8 Å². The van der Waals surface area contributed by atoms with Crippen molar-refractivity contribution in [3.8, 4) is 0 Å². The molecule has 0 spiro atoms. The van der Waals surface area contributed by atoms with Gasteiger partial charge in [-0.15, -0.1) is 0 Å². The molecule has 1 heterocycles. The van der Waals surface area contributed by atoms with Crippen LogP contribution in [-0.4, -0.2) is 72.6 Å². The normalized spacial score (nSPS) is 16.0. The predicted octanol–water partition coefficient (Wildman–Crippen LogP) is 2.35. The smallest absolute Gasteiger partial charge is 0.393 e. The van der Waals surface area contributed by atoms with Crippen molar-refractivity contribution in [3.63, 3.8) is 0 Å². The second-order valence-corrected chi connectivity index (χ2v) is 8.76. The fourth-order valence-corrected chi connectivity index (χ4v) is 4.45. The molecule has 27 heavy (non-hydrogen) atoms. The van der Waals surface area contributed by atoms with Gasteiger partial charge in [-0.05, 0) is 28.9 Å². The molecule has 3 rings (SSSR count). The second-order valence-electron chi connectivity index (χ2n) is 6.91. The van der Waals surface area contributed by atoms with E-state index in [0.29, 0.717) is 6.61 Å². The lowest BCUT2D eigenvalue weighted by Crippen LogP contribution is -2.46. The van der Waals surface area contributed by atoms with Gasteiger partial charge in [0.25, 0.3) is 0 Å². The van der Waals surface area contributed by atoms with E-state index in [9.17, 15) is 0 Å². The van der Waals surface area contributed by atoms with Gasteiger partial charge in [-0.25, -0.2) is 0 Å². The van der Waals surface area contributed by atoms with E-state index >= 15 is 0 Å². The SMILES string of the molecule is C=C(c1ccccc1)c1ccc([Si](OC)OCCN2CCN(C)CC2)cc1. The van der Waals surface area contributed by atoms with Gasteiger partial charge in [-0.3, -0.25) is 4.90 Å². The molecule has 0 unspecified atom stereocenters. The highest BCUT2D eigenvalue weighted by Crippen LogP contribution is 2.20. The minimum Gasteiger partial charge on any atom is -0.393 e. The van der Waals surface area contributed by atoms with Crippen LogP contribution in [0.5, 0.6) is 0 Å². The number of hydrogen-bond donors (Lipinski definition) is 0. The Kier molecular flexibility index (Phi) is 7.38. The molecule has 2 aromatic rings. The molecule has 0 atom stereocenters. The molecule has 0 saturated carbocycles. The molecular formula is C22H29N2O2Si. The third-order valence-electron chi connectivity index (χ3n) is 5.01. The molecule has 1 saturated heterocycles. The molecule has 1 fully saturated rings. The van der Waals surface area contributed by atoms with Crippen molar-refractivity contribution in [2.75, 3.05) is 53.5 Å². The molecule has 2 aromatic carbocycles. The van der Waals surface area contributed by atoms with E-state index in [2.05, 4.69) is 59.8 Å². The zero-order valence-electron chi connectivity index (χ0n) is 16.4. The molecule has 5 heteroatoms. The van der Waals surface area contributed by atoms with Gasteiger partial charge in [0.05, 0.1) is 0 Å². The highest BCUT2D eigenvalue weighted by molar-refractivity contribution is 6.61. The van der Waals surface area contributed by atoms with Crippen LogP contribution in [0.2, 0.25) is 0 Å². The van der Waals surface area contributed by atoms with E-state index in [1.165, 1.54) is 0 Å². The molecule has 0 bridgehead atoms. The minimum atomic E-state index is -1.45. The van der Waals surface area contributed by atoms with Gasteiger partial charge >= 0.3 is 9.28 Å². The lowest BCUT2D eigenvalue weighted by molar-refractivity contribution is 0.126. The van der Waals surface area contributed by atoms with Gasteiger partial charge in [0, 0.05) is 46.4 Å². The summed E-state index contributed by atoms with van der Waals surface area (Å²) in [5.41, 5.74) is 3.30. The van der Waals surface area contributed by atoms with Crippen LogP contribution in [0, 0.1) is 0 Å². The lowest BCUT2D eigenvalue weighted by atomic mass is 10.00. The summed E-state index contributed by atoms with van der Waals surface area (Å²) in [5.74, 6) is 0. The van der Waals surface area contributed by atoms with Crippen LogP contribution < -0.4 is 5.19 Å². The Balaban J connectivity index is 1.53. The molecule has 4 nitrogen and oxygen atoms in total. The van der Waals surface area contributed by atoms with Crippen LogP contribution in [0.15, 0.2) is 61.2 Å². The summed E-state index contributed by atoms with van der Waals surface area (Å²) in [7, 11) is 2.47. The second kappa shape index (κ2) is 9.97. The van der Waals surface area contributed by atoms with E-state index in [4.69, 9.17) is 8.85 Å². The largest absolute Gasteiger partial charge is 0.423 e. The summed E-state index contributed by atoms with van der Waals surface area (Å²) >= 11 is 0. The van der Waals surface area contributed by atoms with Crippen molar-refractivity contribution in [3.05, 3.63) is 72.3 Å². The van der Waals surface area contributed by atoms with Crippen molar-refractivity contribution in [1.29, 1.82) is 0 Å². The fourth-order valence-electron chi connectivity index (χ4n) is 3.21. The highest BCUT2D eigenvalue weighted by atomic mass is 28.3. The van der Waals surface area contributed by atoms with Crippen molar-refractivity contribution in [2.45, 2.75) is 0 Å². The van der Waals surface area contributed by atoms with Crippen molar-refractivity contribution < 1.29 is 8.85 Å². The van der Waals surface area contributed by atoms with Crippen LogP contribution in [0.4, 0.5) is 0 Å². The van der Waals surface area contributed by atoms with E-state index in [0.717, 1.165) is 54.6 Å². The maximum atomic E-state index is 6.09. The summed E-state index contributed by atoms with van der Waals surface area (Å²) in [6.07, 6.45) is 0. The number of nitrogens with zero attached hydrogens (tertiary/aromatic N) is 2. The number of likely N-dealkylation sites (N-methyl/N-ethyl adjacent to an activating group) is 1. The first-order chi connectivity index (χ1) is 13.2. The third kappa shape index (κ3) is 5.61. The maximum Gasteiger partial charge on any atom is 0.423 e. The Labute approximate surface area is 164 Å². The molecule has 0 amide bonds. The van der Waals surface area contributed by atoms with Gasteiger partial charge in [0.1, 0.15) is 0 Å². The van der Waals surface area contributed by atoms with Crippen molar-refractivity contribution in [1.82, 2.24) is 9.80 Å². The van der Waals surface area contributed by atoms with Gasteiger partial charge in [-0.1, -0.05) is 61.2 Å². The van der Waals surface area contributed by atoms with Crippen LogP contribution in [-0.2, 0) is 8.85 Å². The molecule has 143 valence electrons. The summed E-state index contributed by atoms with van der Waals surface area (Å²) < 4.78 is 11.8. The minimum absolute atomic E-state index is 0.713. The Morgan fingerprint density at radius 2 is 1.59 bits per heavy atom. The monoisotopic (exact) mass is 381 g/mol. The van der Waals surface area contributed by atoms with Crippen LogP contribution in [0.3, 0.4) is 0 Å². The Morgan fingerprint density at radius 1 is 0.963 bits per heavy atom. The zero-order valence-corrected chi connectivity index (χ0v) is 17.4. The molecule has 1 aliphatic rings. The molecule has 1 aliphatic heterocycles. The van der Waals surface area contributed by atoms with E-state index in [-0.39, 0.29) is 0 Å². The number of rotatable bonds is 8. The Bertz CT molecular complexity index is 713. The van der Waals surface area contributed by atoms with Crippen molar-refractivity contribution >= 4 is 20.0 Å². The summed E-state index contributed by atoms with van der Waals surface area (Å²) in [6.45, 7) is 10.4. The summed E-state index contributed by atoms with van der Waals surface area (Å²) in [4.78, 5) is 4.83. The standard InChI is InChI=1S/C22H29N2O2Si/c1-19(20-7-5-4-6-8-20)21-9-11-22(12-10-21)27(25-3)26-18-17-24-15-13-23(2)14-16-24/h4-12H,1,13-18H2,2-3H3. The average molecular weight is 382 g/mol. The third-order valence-corrected chi connectivity index (χ3v) is 6.66. The first-order valence-electron chi connectivity index (χ1n) is 9.47. The van der Waals surface area contributed by atoms with Gasteiger partial charge in [0.2, 0.25) is 0 Å². The predicted molar refractivity (Wildman–Crippen MR) is 113 cm³/mol. The topological polar surface area (TPSA) is 24.9 Å². The fraction of sp³-hybridized carbons (Fsp3) is 0.364. The molecular weight excluding hydrogens is 352 g/mol. The Morgan fingerprint density at radius 3 is 2.22 bits per heavy atom. The molecule has 1 radical (unpaired) electrons. The summed E-state index contributed by atoms with van der Waals surface area (Å²) in [5, 5.41) is 1.13.